The van der Waals surface area contributed by atoms with Gasteiger partial charge >= 0.3 is 0 Å². The lowest BCUT2D eigenvalue weighted by Gasteiger charge is -2.16. The molecule has 2 heterocycles. The van der Waals surface area contributed by atoms with Crippen LogP contribution in [0.25, 0.3) is 0 Å². The molecule has 10 nitrogen and oxygen atoms in total. The predicted molar refractivity (Wildman–Crippen MR) is 71.1 cm³/mol. The van der Waals surface area contributed by atoms with Crippen molar-refractivity contribution in [3.63, 3.8) is 0 Å². The van der Waals surface area contributed by atoms with Crippen molar-refractivity contribution in [2.24, 2.45) is 21.8 Å². The molecule has 1 fully saturated rings. The maximum Gasteiger partial charge on any atom is 0.186 e. The zero-order valence-corrected chi connectivity index (χ0v) is 11.0. The van der Waals surface area contributed by atoms with Gasteiger partial charge in [-0.1, -0.05) is 10.3 Å². The van der Waals surface area contributed by atoms with Gasteiger partial charge in [0.1, 0.15) is 12.3 Å². The number of aromatic nitrogens is 1. The average molecular weight is 299 g/mol. The molecule has 2 unspecified atom stereocenters. The molecule has 0 amide bonds. The first-order valence-corrected chi connectivity index (χ1v) is 6.13. The van der Waals surface area contributed by atoms with E-state index in [2.05, 4.69) is 10.3 Å². The van der Waals surface area contributed by atoms with Crippen LogP contribution in [0, 0.1) is 0 Å². The molecule has 116 valence electrons. The number of oxime groups is 2. The maximum absolute atomic E-state index is 9.77. The zero-order valence-electron chi connectivity index (χ0n) is 11.0. The molecule has 1 aliphatic heterocycles. The van der Waals surface area contributed by atoms with Crippen LogP contribution < -0.4 is 11.5 Å². The Hall–Kier alpha value is -2.30. The third kappa shape index (κ3) is 2.77. The summed E-state index contributed by atoms with van der Waals surface area (Å²) in [4.78, 5) is 0. The Balaban J connectivity index is 2.40. The topological polar surface area (TPSA) is 172 Å². The van der Waals surface area contributed by atoms with Crippen LogP contribution >= 0.6 is 0 Å². The normalized spacial score (nSPS) is 27.2. The smallest absolute Gasteiger partial charge is 0.186 e. The van der Waals surface area contributed by atoms with Gasteiger partial charge in [-0.2, -0.15) is 0 Å². The van der Waals surface area contributed by atoms with Gasteiger partial charge in [0.05, 0.1) is 18.4 Å². The molecule has 21 heavy (non-hydrogen) atoms. The van der Waals surface area contributed by atoms with Gasteiger partial charge in [-0.25, -0.2) is 0 Å². The van der Waals surface area contributed by atoms with E-state index in [1.165, 1.54) is 16.8 Å². The summed E-state index contributed by atoms with van der Waals surface area (Å²) in [6, 6.07) is 1.45. The number of hydrogen-bond acceptors (Lipinski definition) is 7. The molecule has 1 aliphatic rings. The molecule has 0 aromatic carbocycles. The van der Waals surface area contributed by atoms with Gasteiger partial charge in [-0.15, -0.1) is 0 Å². The number of ether oxygens (including phenoxy) is 1. The van der Waals surface area contributed by atoms with E-state index in [-0.39, 0.29) is 30.4 Å². The predicted octanol–water partition coefficient (Wildman–Crippen LogP) is -1.68. The van der Waals surface area contributed by atoms with E-state index in [0.29, 0.717) is 5.56 Å². The Morgan fingerprint density at radius 2 is 2.00 bits per heavy atom. The number of amidine groups is 2. The van der Waals surface area contributed by atoms with E-state index in [1.54, 1.807) is 0 Å². The van der Waals surface area contributed by atoms with Crippen molar-refractivity contribution >= 4 is 11.7 Å². The van der Waals surface area contributed by atoms with Crippen LogP contribution in [-0.2, 0) is 4.74 Å². The number of nitrogens with two attached hydrogens (primary N) is 2. The molecule has 1 aromatic heterocycles. The highest BCUT2D eigenvalue weighted by Crippen LogP contribution is 2.30. The monoisotopic (exact) mass is 299 g/mol. The number of aliphatic hydroxyl groups excluding tert-OH is 2. The van der Waals surface area contributed by atoms with Crippen LogP contribution in [0.15, 0.2) is 22.6 Å². The largest absolute Gasteiger partial charge is 0.409 e. The number of rotatable bonds is 4. The molecule has 1 saturated heterocycles. The van der Waals surface area contributed by atoms with E-state index in [4.69, 9.17) is 31.7 Å². The molecule has 0 aliphatic carbocycles. The summed E-state index contributed by atoms with van der Waals surface area (Å²) in [5.41, 5.74) is 11.7. The van der Waals surface area contributed by atoms with E-state index in [9.17, 15) is 5.11 Å². The fraction of sp³-hybridized carbons (Fsp3) is 0.455. The second kappa shape index (κ2) is 5.99. The van der Waals surface area contributed by atoms with Crippen LogP contribution in [0.1, 0.15) is 23.9 Å². The molecular formula is C11H17N5O5. The molecule has 0 radical (unpaired) electrons. The first kappa shape index (κ1) is 15.1. The molecule has 0 spiro atoms. The maximum atomic E-state index is 9.77. The minimum atomic E-state index is -0.838. The third-order valence-electron chi connectivity index (χ3n) is 3.32. The molecule has 1 aromatic rings. The Morgan fingerprint density at radius 1 is 1.33 bits per heavy atom. The van der Waals surface area contributed by atoms with Crippen LogP contribution in [0.4, 0.5) is 0 Å². The second-order valence-corrected chi connectivity index (χ2v) is 4.61. The fourth-order valence-corrected chi connectivity index (χ4v) is 2.22. The standard InChI is InChI=1S/C11H17N5O5/c12-10(14-19)5-1-6(11(13)15-20)16(3-5)9-2-7(18)8(4-17)21-9/h1,3,7-9,17-20H,2,4H2,(H2,12,14)(H2,13,15)/t7-,8?,9?/m0/s1. The van der Waals surface area contributed by atoms with Gasteiger partial charge in [0.2, 0.25) is 0 Å². The molecule has 8 N–H and O–H groups in total. The van der Waals surface area contributed by atoms with Gasteiger partial charge in [0, 0.05) is 18.2 Å². The molecule has 3 atom stereocenters. The highest BCUT2D eigenvalue weighted by molar-refractivity contribution is 6.02. The number of nitrogens with zero attached hydrogens (tertiary/aromatic N) is 3. The third-order valence-corrected chi connectivity index (χ3v) is 3.32. The van der Waals surface area contributed by atoms with Crippen molar-refractivity contribution in [3.8, 4) is 0 Å². The molecule has 10 heteroatoms. The summed E-state index contributed by atoms with van der Waals surface area (Å²) in [5.74, 6) is -0.351. The van der Waals surface area contributed by atoms with Gasteiger partial charge in [0.15, 0.2) is 11.7 Å². The summed E-state index contributed by atoms with van der Waals surface area (Å²) >= 11 is 0. The van der Waals surface area contributed by atoms with Crippen LogP contribution in [0.5, 0.6) is 0 Å². The Bertz CT molecular complexity index is 569. The molecule has 2 rings (SSSR count). The van der Waals surface area contributed by atoms with Crippen LogP contribution in [0.3, 0.4) is 0 Å². The lowest BCUT2D eigenvalue weighted by Crippen LogP contribution is -2.24. The van der Waals surface area contributed by atoms with Crippen LogP contribution in [-0.4, -0.2) is 55.7 Å². The van der Waals surface area contributed by atoms with Crippen molar-refractivity contribution in [2.75, 3.05) is 6.61 Å². The summed E-state index contributed by atoms with van der Waals surface area (Å²) < 4.78 is 6.99. The van der Waals surface area contributed by atoms with Crippen molar-refractivity contribution in [2.45, 2.75) is 24.9 Å². The van der Waals surface area contributed by atoms with E-state index < -0.39 is 18.4 Å². The first-order chi connectivity index (χ1) is 10.0. The fourth-order valence-electron chi connectivity index (χ4n) is 2.22. The highest BCUT2D eigenvalue weighted by Gasteiger charge is 2.35. The first-order valence-electron chi connectivity index (χ1n) is 6.13. The second-order valence-electron chi connectivity index (χ2n) is 4.61. The van der Waals surface area contributed by atoms with Crippen LogP contribution in [0.2, 0.25) is 0 Å². The highest BCUT2D eigenvalue weighted by atomic mass is 16.5. The summed E-state index contributed by atoms with van der Waals surface area (Å²) in [6.07, 6.45) is -0.492. The summed E-state index contributed by atoms with van der Waals surface area (Å²) in [6.45, 7) is -0.328. The average Bonchev–Trinajstić information content (AvgIpc) is 3.08. The van der Waals surface area contributed by atoms with Gasteiger partial charge < -0.3 is 41.4 Å². The Labute approximate surface area is 119 Å². The van der Waals surface area contributed by atoms with E-state index in [1.807, 2.05) is 0 Å². The van der Waals surface area contributed by atoms with Gasteiger partial charge in [-0.05, 0) is 6.07 Å². The number of aliphatic hydroxyl groups is 2. The van der Waals surface area contributed by atoms with Crippen molar-refractivity contribution in [1.82, 2.24) is 4.57 Å². The minimum absolute atomic E-state index is 0.155. The lowest BCUT2D eigenvalue weighted by atomic mass is 10.2. The van der Waals surface area contributed by atoms with Crippen molar-refractivity contribution in [3.05, 3.63) is 23.5 Å². The summed E-state index contributed by atoms with van der Waals surface area (Å²) in [5, 5.41) is 42.2. The zero-order chi connectivity index (χ0) is 15.6. The Kier molecular flexibility index (Phi) is 4.31. The van der Waals surface area contributed by atoms with Gasteiger partial charge in [-0.3, -0.25) is 0 Å². The molecular weight excluding hydrogens is 282 g/mol. The van der Waals surface area contributed by atoms with Crippen molar-refractivity contribution < 1.29 is 25.4 Å². The quantitative estimate of drug-likeness (QED) is 0.167. The lowest BCUT2D eigenvalue weighted by molar-refractivity contribution is -0.0444. The molecule has 0 bridgehead atoms. The van der Waals surface area contributed by atoms with Crippen molar-refractivity contribution in [1.29, 1.82) is 0 Å². The van der Waals surface area contributed by atoms with E-state index in [0.717, 1.165) is 0 Å². The number of hydrogen-bond donors (Lipinski definition) is 6. The Morgan fingerprint density at radius 3 is 2.52 bits per heavy atom. The van der Waals surface area contributed by atoms with E-state index >= 15 is 0 Å². The molecule has 0 saturated carbocycles. The summed E-state index contributed by atoms with van der Waals surface area (Å²) in [7, 11) is 0. The minimum Gasteiger partial charge on any atom is -0.409 e. The van der Waals surface area contributed by atoms with Gasteiger partial charge in [0.25, 0.3) is 0 Å². The SMILES string of the molecule is NC(=NO)c1cc(C(N)=NO)n(C2C[C@H](O)C(CO)O2)c1.